The number of rotatable bonds is 9. The maximum Gasteiger partial charge on any atom is 0.282 e. The summed E-state index contributed by atoms with van der Waals surface area (Å²) in [7, 11) is 0. The summed E-state index contributed by atoms with van der Waals surface area (Å²) in [5.74, 6) is 1.23. The second-order valence-electron chi connectivity index (χ2n) is 8.44. The summed E-state index contributed by atoms with van der Waals surface area (Å²) in [4.78, 5) is 18.1. The van der Waals surface area contributed by atoms with Crippen molar-refractivity contribution in [3.8, 4) is 11.5 Å². The van der Waals surface area contributed by atoms with Crippen LogP contribution in [0.15, 0.2) is 73.4 Å². The van der Waals surface area contributed by atoms with Gasteiger partial charge in [0.25, 0.3) is 5.56 Å². The molecule has 0 aliphatic rings. The molecule has 1 heterocycles. The topological polar surface area (TPSA) is 65.7 Å². The number of benzene rings is 3. The lowest BCUT2D eigenvalue weighted by Crippen LogP contribution is -2.23. The van der Waals surface area contributed by atoms with Gasteiger partial charge in [-0.3, -0.25) is 4.79 Å². The van der Waals surface area contributed by atoms with Gasteiger partial charge in [-0.05, 0) is 65.7 Å². The molecule has 0 bridgehead atoms. The zero-order valence-corrected chi connectivity index (χ0v) is 23.8. The fourth-order valence-electron chi connectivity index (χ4n) is 3.70. The Morgan fingerprint density at radius 3 is 2.57 bits per heavy atom. The molecule has 1 atom stereocenters. The van der Waals surface area contributed by atoms with Crippen LogP contribution in [0.4, 0.5) is 4.39 Å². The van der Waals surface area contributed by atoms with Crippen molar-refractivity contribution >= 4 is 49.0 Å². The van der Waals surface area contributed by atoms with Gasteiger partial charge in [0, 0.05) is 26.0 Å². The van der Waals surface area contributed by atoms with Gasteiger partial charge in [-0.2, -0.15) is 9.78 Å². The molecule has 0 amide bonds. The van der Waals surface area contributed by atoms with Crippen LogP contribution in [0.2, 0.25) is 0 Å². The highest BCUT2D eigenvalue weighted by Crippen LogP contribution is 2.34. The first kappa shape index (κ1) is 27.0. The SMILES string of the molecule is CCOc1cc(C=Nn2c([C@H](C)CC)nc3ccc(Br)cc3c2=O)c(Br)cc1OCc1ccccc1F. The molecule has 0 saturated carbocycles. The van der Waals surface area contributed by atoms with E-state index in [1.165, 1.54) is 10.7 Å². The van der Waals surface area contributed by atoms with Gasteiger partial charge in [0.05, 0.1) is 23.7 Å². The van der Waals surface area contributed by atoms with Crippen molar-refractivity contribution in [3.05, 3.63) is 96.7 Å². The molecule has 0 unspecified atom stereocenters. The molecule has 4 rings (SSSR count). The molecule has 37 heavy (non-hydrogen) atoms. The Balaban J connectivity index is 1.73. The number of ether oxygens (including phenoxy) is 2. The van der Waals surface area contributed by atoms with E-state index in [0.29, 0.717) is 50.4 Å². The average Bonchev–Trinajstić information content (AvgIpc) is 2.89. The summed E-state index contributed by atoms with van der Waals surface area (Å²) in [6, 6.07) is 15.4. The van der Waals surface area contributed by atoms with Crippen molar-refractivity contribution in [1.82, 2.24) is 9.66 Å². The Bertz CT molecular complexity index is 1520. The average molecular weight is 631 g/mol. The van der Waals surface area contributed by atoms with Gasteiger partial charge in [0.15, 0.2) is 11.5 Å². The Morgan fingerprint density at radius 1 is 1.08 bits per heavy atom. The Kier molecular flexibility index (Phi) is 8.76. The van der Waals surface area contributed by atoms with Crippen molar-refractivity contribution in [2.45, 2.75) is 39.7 Å². The quantitative estimate of drug-likeness (QED) is 0.180. The highest BCUT2D eigenvalue weighted by molar-refractivity contribution is 9.10. The van der Waals surface area contributed by atoms with Crippen molar-refractivity contribution in [1.29, 1.82) is 0 Å². The van der Waals surface area contributed by atoms with E-state index in [-0.39, 0.29) is 23.9 Å². The lowest BCUT2D eigenvalue weighted by molar-refractivity contribution is 0.265. The first-order valence-corrected chi connectivity index (χ1v) is 13.5. The molecule has 0 aliphatic carbocycles. The zero-order valence-electron chi connectivity index (χ0n) is 20.7. The number of halogens is 3. The number of hydrogen-bond acceptors (Lipinski definition) is 5. The molecule has 0 saturated heterocycles. The molecule has 0 N–H and O–H groups in total. The Hall–Kier alpha value is -3.04. The molecule has 0 radical (unpaired) electrons. The molecule has 9 heteroatoms. The van der Waals surface area contributed by atoms with Crippen LogP contribution in [-0.4, -0.2) is 22.5 Å². The predicted molar refractivity (Wildman–Crippen MR) is 151 cm³/mol. The highest BCUT2D eigenvalue weighted by atomic mass is 79.9. The molecule has 4 aromatic rings. The van der Waals surface area contributed by atoms with E-state index in [1.54, 1.807) is 42.6 Å². The van der Waals surface area contributed by atoms with E-state index in [9.17, 15) is 9.18 Å². The molecular formula is C28H26Br2FN3O3. The van der Waals surface area contributed by atoms with E-state index in [0.717, 1.165) is 10.9 Å². The zero-order chi connectivity index (χ0) is 26.5. The number of hydrogen-bond donors (Lipinski definition) is 0. The molecule has 0 spiro atoms. The van der Waals surface area contributed by atoms with Crippen LogP contribution in [0.25, 0.3) is 10.9 Å². The molecule has 0 aliphatic heterocycles. The van der Waals surface area contributed by atoms with Gasteiger partial charge in [-0.1, -0.05) is 48.0 Å². The maximum atomic E-state index is 14.0. The van der Waals surface area contributed by atoms with E-state index in [2.05, 4.69) is 37.0 Å². The normalized spacial score (nSPS) is 12.3. The standard InChI is InChI=1S/C28H26Br2FN3O3/c1-4-17(3)27-33-24-11-10-20(29)13-21(24)28(35)34(27)32-15-19-12-25(36-5-2)26(14-22(19)30)37-16-18-8-6-7-9-23(18)31/h6-15,17H,4-5,16H2,1-3H3/t17-/m1/s1. The second kappa shape index (κ2) is 12.0. The van der Waals surface area contributed by atoms with Crippen LogP contribution >= 0.6 is 31.9 Å². The molecule has 6 nitrogen and oxygen atoms in total. The van der Waals surface area contributed by atoms with Crippen LogP contribution in [-0.2, 0) is 6.61 Å². The largest absolute Gasteiger partial charge is 0.490 e. The van der Waals surface area contributed by atoms with Crippen LogP contribution in [0, 0.1) is 5.82 Å². The van der Waals surface area contributed by atoms with Crippen molar-refractivity contribution in [3.63, 3.8) is 0 Å². The third-order valence-corrected chi connectivity index (χ3v) is 7.08. The van der Waals surface area contributed by atoms with Crippen molar-refractivity contribution in [2.75, 3.05) is 6.61 Å². The van der Waals surface area contributed by atoms with E-state index in [1.807, 2.05) is 32.9 Å². The summed E-state index contributed by atoms with van der Waals surface area (Å²) in [5.41, 5.74) is 1.51. The van der Waals surface area contributed by atoms with E-state index >= 15 is 0 Å². The lowest BCUT2D eigenvalue weighted by Gasteiger charge is -2.15. The highest BCUT2D eigenvalue weighted by Gasteiger charge is 2.16. The fraction of sp³-hybridized carbons (Fsp3) is 0.250. The number of fused-ring (bicyclic) bond motifs is 1. The molecule has 1 aromatic heterocycles. The smallest absolute Gasteiger partial charge is 0.282 e. The molecular weight excluding hydrogens is 605 g/mol. The monoisotopic (exact) mass is 629 g/mol. The van der Waals surface area contributed by atoms with Gasteiger partial charge < -0.3 is 9.47 Å². The van der Waals surface area contributed by atoms with E-state index in [4.69, 9.17) is 14.5 Å². The number of aromatic nitrogens is 2. The summed E-state index contributed by atoms with van der Waals surface area (Å²) < 4.78 is 28.5. The predicted octanol–water partition coefficient (Wildman–Crippen LogP) is 7.43. The van der Waals surface area contributed by atoms with Gasteiger partial charge >= 0.3 is 0 Å². The summed E-state index contributed by atoms with van der Waals surface area (Å²) in [6.07, 6.45) is 2.39. The van der Waals surface area contributed by atoms with Crippen LogP contribution in [0.3, 0.4) is 0 Å². The lowest BCUT2D eigenvalue weighted by atomic mass is 10.1. The van der Waals surface area contributed by atoms with Gasteiger partial charge in [-0.15, -0.1) is 0 Å². The minimum Gasteiger partial charge on any atom is -0.490 e. The number of nitrogens with zero attached hydrogens (tertiary/aromatic N) is 3. The first-order chi connectivity index (χ1) is 17.8. The minimum atomic E-state index is -0.332. The molecule has 3 aromatic carbocycles. The third kappa shape index (κ3) is 6.10. The van der Waals surface area contributed by atoms with Crippen LogP contribution in [0.1, 0.15) is 50.1 Å². The van der Waals surface area contributed by atoms with Gasteiger partial charge in [0.1, 0.15) is 18.2 Å². The Morgan fingerprint density at radius 2 is 1.84 bits per heavy atom. The molecule has 192 valence electrons. The fourth-order valence-corrected chi connectivity index (χ4v) is 4.49. The van der Waals surface area contributed by atoms with Crippen molar-refractivity contribution in [2.24, 2.45) is 5.10 Å². The Labute approximate surface area is 231 Å². The van der Waals surface area contributed by atoms with Crippen LogP contribution < -0.4 is 15.0 Å². The minimum absolute atomic E-state index is 0.0227. The summed E-state index contributed by atoms with van der Waals surface area (Å²) in [5, 5.41) is 5.02. The van der Waals surface area contributed by atoms with Crippen molar-refractivity contribution < 1.29 is 13.9 Å². The summed E-state index contributed by atoms with van der Waals surface area (Å²) >= 11 is 7.00. The first-order valence-electron chi connectivity index (χ1n) is 11.9. The van der Waals surface area contributed by atoms with Crippen LogP contribution in [0.5, 0.6) is 11.5 Å². The molecule has 0 fully saturated rings. The van der Waals surface area contributed by atoms with E-state index < -0.39 is 0 Å². The third-order valence-electron chi connectivity index (χ3n) is 5.90. The maximum absolute atomic E-state index is 14.0. The second-order valence-corrected chi connectivity index (χ2v) is 10.2. The summed E-state index contributed by atoms with van der Waals surface area (Å²) in [6.45, 7) is 6.40. The van der Waals surface area contributed by atoms with Gasteiger partial charge in [-0.25, -0.2) is 9.37 Å². The van der Waals surface area contributed by atoms with Gasteiger partial charge in [0.2, 0.25) is 0 Å².